The van der Waals surface area contributed by atoms with Gasteiger partial charge in [-0.2, -0.15) is 0 Å². The maximum atomic E-state index is 13.0. The zero-order valence-corrected chi connectivity index (χ0v) is 18.0. The van der Waals surface area contributed by atoms with E-state index in [0.717, 1.165) is 41.1 Å². The SMILES string of the molecule is Cc1cc(N2CCCCC2)nc2ccc(NC(=O)CSCc3ccc(F)cc3)cc12. The van der Waals surface area contributed by atoms with Crippen molar-refractivity contribution in [1.29, 1.82) is 0 Å². The van der Waals surface area contributed by atoms with Gasteiger partial charge >= 0.3 is 0 Å². The number of nitrogens with zero attached hydrogens (tertiary/aromatic N) is 2. The first-order valence-electron chi connectivity index (χ1n) is 10.4. The van der Waals surface area contributed by atoms with Crippen LogP contribution in [0.2, 0.25) is 0 Å². The third-order valence-electron chi connectivity index (χ3n) is 5.38. The van der Waals surface area contributed by atoms with Gasteiger partial charge in [0.2, 0.25) is 5.91 Å². The van der Waals surface area contributed by atoms with E-state index in [4.69, 9.17) is 4.98 Å². The number of amides is 1. The lowest BCUT2D eigenvalue weighted by atomic mass is 10.1. The lowest BCUT2D eigenvalue weighted by Crippen LogP contribution is -2.30. The first-order chi connectivity index (χ1) is 14.6. The van der Waals surface area contributed by atoms with E-state index < -0.39 is 0 Å². The molecule has 1 aromatic heterocycles. The lowest BCUT2D eigenvalue weighted by molar-refractivity contribution is -0.113. The number of carbonyl (C=O) groups excluding carboxylic acids is 1. The smallest absolute Gasteiger partial charge is 0.234 e. The highest BCUT2D eigenvalue weighted by molar-refractivity contribution is 7.99. The van der Waals surface area contributed by atoms with Gasteiger partial charge in [-0.15, -0.1) is 11.8 Å². The van der Waals surface area contributed by atoms with Crippen molar-refractivity contribution in [1.82, 2.24) is 4.98 Å². The Balaban J connectivity index is 1.38. The van der Waals surface area contributed by atoms with Gasteiger partial charge < -0.3 is 10.2 Å². The number of piperidine rings is 1. The van der Waals surface area contributed by atoms with Crippen LogP contribution < -0.4 is 10.2 Å². The molecule has 2 heterocycles. The normalized spacial score (nSPS) is 14.1. The molecule has 30 heavy (non-hydrogen) atoms. The van der Waals surface area contributed by atoms with Crippen LogP contribution in [0.5, 0.6) is 0 Å². The van der Waals surface area contributed by atoms with Gasteiger partial charge in [0.15, 0.2) is 0 Å². The molecule has 1 aliphatic heterocycles. The number of thioether (sulfide) groups is 1. The fraction of sp³-hybridized carbons (Fsp3) is 0.333. The van der Waals surface area contributed by atoms with E-state index in [1.54, 1.807) is 12.1 Å². The summed E-state index contributed by atoms with van der Waals surface area (Å²) in [7, 11) is 0. The molecule has 0 unspecified atom stereocenters. The highest BCUT2D eigenvalue weighted by Gasteiger charge is 2.14. The molecule has 156 valence electrons. The Morgan fingerprint density at radius 1 is 1.10 bits per heavy atom. The van der Waals surface area contributed by atoms with E-state index >= 15 is 0 Å². The van der Waals surface area contributed by atoms with E-state index in [0.29, 0.717) is 11.5 Å². The minimum Gasteiger partial charge on any atom is -0.357 e. The number of halogens is 1. The van der Waals surface area contributed by atoms with E-state index in [1.807, 2.05) is 18.2 Å². The average Bonchev–Trinajstić information content (AvgIpc) is 2.76. The minimum atomic E-state index is -0.245. The number of hydrogen-bond acceptors (Lipinski definition) is 4. The Morgan fingerprint density at radius 3 is 2.63 bits per heavy atom. The van der Waals surface area contributed by atoms with Crippen molar-refractivity contribution in [2.45, 2.75) is 31.9 Å². The number of hydrogen-bond donors (Lipinski definition) is 1. The van der Waals surface area contributed by atoms with Crippen LogP contribution in [0.25, 0.3) is 10.9 Å². The van der Waals surface area contributed by atoms with Gasteiger partial charge in [0.05, 0.1) is 11.3 Å². The molecule has 0 aliphatic carbocycles. The van der Waals surface area contributed by atoms with E-state index in [1.165, 1.54) is 48.7 Å². The molecule has 6 heteroatoms. The van der Waals surface area contributed by atoms with Crippen LogP contribution in [0.4, 0.5) is 15.9 Å². The number of fused-ring (bicyclic) bond motifs is 1. The molecular formula is C24H26FN3OS. The van der Waals surface area contributed by atoms with E-state index in [-0.39, 0.29) is 11.7 Å². The summed E-state index contributed by atoms with van der Waals surface area (Å²) in [6, 6.07) is 14.4. The maximum absolute atomic E-state index is 13.0. The molecular weight excluding hydrogens is 397 g/mol. The number of rotatable bonds is 6. The summed E-state index contributed by atoms with van der Waals surface area (Å²) in [5.74, 6) is 1.78. The summed E-state index contributed by atoms with van der Waals surface area (Å²) in [6.07, 6.45) is 3.75. The van der Waals surface area contributed by atoms with Crippen LogP contribution >= 0.6 is 11.8 Å². The molecule has 0 spiro atoms. The summed E-state index contributed by atoms with van der Waals surface area (Å²) < 4.78 is 13.0. The van der Waals surface area contributed by atoms with Crippen molar-refractivity contribution in [2.75, 3.05) is 29.1 Å². The van der Waals surface area contributed by atoms with Crippen molar-refractivity contribution in [3.63, 3.8) is 0 Å². The molecule has 0 bridgehead atoms. The number of pyridine rings is 1. The van der Waals surface area contributed by atoms with Gasteiger partial charge in [-0.05, 0) is 73.7 Å². The third-order valence-corrected chi connectivity index (χ3v) is 6.38. The predicted octanol–water partition coefficient (Wildman–Crippen LogP) is 5.54. The Bertz CT molecular complexity index is 1030. The van der Waals surface area contributed by atoms with Gasteiger partial charge in [0.25, 0.3) is 0 Å². The molecule has 0 atom stereocenters. The number of aryl methyl sites for hydroxylation is 1. The third kappa shape index (κ3) is 5.11. The number of benzene rings is 2. The molecule has 0 saturated carbocycles. The van der Waals surface area contributed by atoms with Crippen LogP contribution in [0.15, 0.2) is 48.5 Å². The molecule has 3 aromatic rings. The van der Waals surface area contributed by atoms with Gasteiger partial charge in [0.1, 0.15) is 11.6 Å². The summed E-state index contributed by atoms with van der Waals surface area (Å²) in [5, 5.41) is 4.04. The predicted molar refractivity (Wildman–Crippen MR) is 124 cm³/mol. The first-order valence-corrected chi connectivity index (χ1v) is 11.5. The first kappa shape index (κ1) is 20.7. The summed E-state index contributed by atoms with van der Waals surface area (Å²) in [4.78, 5) is 19.5. The summed E-state index contributed by atoms with van der Waals surface area (Å²) in [5.41, 5.74) is 3.92. The summed E-state index contributed by atoms with van der Waals surface area (Å²) in [6.45, 7) is 4.24. The van der Waals surface area contributed by atoms with Crippen LogP contribution in [0.1, 0.15) is 30.4 Å². The standard InChI is InChI=1S/C24H26FN3OS/c1-17-13-23(28-11-3-2-4-12-28)27-22-10-9-20(14-21(17)22)26-24(29)16-30-15-18-5-7-19(25)8-6-18/h5-10,13-14H,2-4,11-12,15-16H2,1H3,(H,26,29). The number of nitrogens with one attached hydrogen (secondary N) is 1. The maximum Gasteiger partial charge on any atom is 0.234 e. The quantitative estimate of drug-likeness (QED) is 0.565. The van der Waals surface area contributed by atoms with Crippen molar-refractivity contribution in [2.24, 2.45) is 0 Å². The van der Waals surface area contributed by atoms with Gasteiger partial charge in [0, 0.05) is 29.9 Å². The molecule has 1 amide bonds. The Kier molecular flexibility index (Phi) is 6.53. The highest BCUT2D eigenvalue weighted by Crippen LogP contribution is 2.27. The van der Waals surface area contributed by atoms with Crippen LogP contribution in [0.3, 0.4) is 0 Å². The molecule has 4 nitrogen and oxygen atoms in total. The zero-order chi connectivity index (χ0) is 20.9. The minimum absolute atomic E-state index is 0.0444. The van der Waals surface area contributed by atoms with Crippen molar-refractivity contribution < 1.29 is 9.18 Å². The van der Waals surface area contributed by atoms with Crippen molar-refractivity contribution >= 4 is 40.1 Å². The fourth-order valence-corrected chi connectivity index (χ4v) is 4.57. The van der Waals surface area contributed by atoms with Crippen molar-refractivity contribution in [3.8, 4) is 0 Å². The molecule has 0 radical (unpaired) electrons. The van der Waals surface area contributed by atoms with E-state index in [9.17, 15) is 9.18 Å². The molecule has 1 N–H and O–H groups in total. The molecule has 1 fully saturated rings. The molecule has 1 saturated heterocycles. The Morgan fingerprint density at radius 2 is 1.87 bits per heavy atom. The monoisotopic (exact) mass is 423 g/mol. The van der Waals surface area contributed by atoms with Gasteiger partial charge in [-0.1, -0.05) is 12.1 Å². The molecule has 4 rings (SSSR count). The fourth-order valence-electron chi connectivity index (χ4n) is 3.78. The van der Waals surface area contributed by atoms with E-state index in [2.05, 4.69) is 23.2 Å². The van der Waals surface area contributed by atoms with Gasteiger partial charge in [-0.25, -0.2) is 9.37 Å². The van der Waals surface area contributed by atoms with Crippen LogP contribution in [-0.2, 0) is 10.5 Å². The summed E-state index contributed by atoms with van der Waals surface area (Å²) >= 11 is 1.51. The zero-order valence-electron chi connectivity index (χ0n) is 17.2. The largest absolute Gasteiger partial charge is 0.357 e. The average molecular weight is 424 g/mol. The Hall–Kier alpha value is -2.60. The second kappa shape index (κ2) is 9.47. The number of aromatic nitrogens is 1. The highest BCUT2D eigenvalue weighted by atomic mass is 32.2. The number of carbonyl (C=O) groups is 1. The second-order valence-corrected chi connectivity index (χ2v) is 8.73. The van der Waals surface area contributed by atoms with Crippen LogP contribution in [-0.4, -0.2) is 29.7 Å². The molecule has 2 aromatic carbocycles. The lowest BCUT2D eigenvalue weighted by Gasteiger charge is -2.28. The topological polar surface area (TPSA) is 45.2 Å². The van der Waals surface area contributed by atoms with Crippen molar-refractivity contribution in [3.05, 3.63) is 65.5 Å². The molecule has 1 aliphatic rings. The number of anilines is 2. The second-order valence-electron chi connectivity index (χ2n) is 7.74. The van der Waals surface area contributed by atoms with Crippen LogP contribution in [0, 0.1) is 12.7 Å². The van der Waals surface area contributed by atoms with Gasteiger partial charge in [-0.3, -0.25) is 4.79 Å². The Labute approximate surface area is 180 Å².